The molecule has 4 nitrogen and oxygen atoms in total. The summed E-state index contributed by atoms with van der Waals surface area (Å²) in [5, 5.41) is 0. The van der Waals surface area contributed by atoms with Gasteiger partial charge in [0, 0.05) is 38.0 Å². The van der Waals surface area contributed by atoms with Crippen molar-refractivity contribution >= 4 is 5.91 Å². The highest BCUT2D eigenvalue weighted by atomic mass is 16.5. The van der Waals surface area contributed by atoms with Gasteiger partial charge in [0.15, 0.2) is 0 Å². The van der Waals surface area contributed by atoms with Crippen LogP contribution in [0.3, 0.4) is 0 Å². The molecule has 146 valence electrons. The number of ether oxygens (including phenoxy) is 1. The molecule has 1 aromatic carbocycles. The van der Waals surface area contributed by atoms with E-state index in [2.05, 4.69) is 29.2 Å². The topological polar surface area (TPSA) is 32.8 Å². The number of allylic oxidation sites excluding steroid dienone is 2. The molecule has 0 radical (unpaired) electrons. The maximum atomic E-state index is 12.2. The summed E-state index contributed by atoms with van der Waals surface area (Å²) in [4.78, 5) is 16.8. The van der Waals surface area contributed by atoms with Crippen molar-refractivity contribution in [2.45, 2.75) is 51.7 Å². The van der Waals surface area contributed by atoms with Crippen LogP contribution < -0.4 is 4.74 Å². The molecule has 0 N–H and O–H groups in total. The maximum absolute atomic E-state index is 12.2. The third-order valence-corrected chi connectivity index (χ3v) is 6.42. The normalized spacial score (nSPS) is 28.9. The van der Waals surface area contributed by atoms with Crippen molar-refractivity contribution in [2.75, 3.05) is 26.2 Å². The molecule has 0 spiro atoms. The minimum absolute atomic E-state index is 0.0894. The molecule has 0 saturated carbocycles. The van der Waals surface area contributed by atoms with Crippen molar-refractivity contribution < 1.29 is 9.53 Å². The number of para-hydroxylation sites is 1. The van der Waals surface area contributed by atoms with Crippen molar-refractivity contribution in [3.63, 3.8) is 0 Å². The zero-order valence-corrected chi connectivity index (χ0v) is 16.5. The number of fused-ring (bicyclic) bond motifs is 1. The van der Waals surface area contributed by atoms with Crippen LogP contribution in [0.5, 0.6) is 5.75 Å². The summed E-state index contributed by atoms with van der Waals surface area (Å²) in [6.07, 6.45) is 11.0. The van der Waals surface area contributed by atoms with Crippen LogP contribution in [0.2, 0.25) is 0 Å². The molecule has 0 bridgehead atoms. The van der Waals surface area contributed by atoms with E-state index in [-0.39, 0.29) is 12.0 Å². The Morgan fingerprint density at radius 3 is 2.89 bits per heavy atom. The fourth-order valence-electron chi connectivity index (χ4n) is 4.87. The number of hydrogen-bond donors (Lipinski definition) is 0. The standard InChI is InChI=1S/C23H32N2O2/c1-18(26)25-16-21-10-5-6-12-22(21)27-23(17-25)20-11-7-13-24(15-20)14-19-8-3-2-4-9-19/h2-3,5-6,10,12,19-20,23H,4,7-9,11,13-17H2,1H3/t19-,20+,23+/m1/s1. The lowest BCUT2D eigenvalue weighted by Gasteiger charge is -2.39. The van der Waals surface area contributed by atoms with E-state index in [1.54, 1.807) is 6.92 Å². The van der Waals surface area contributed by atoms with Gasteiger partial charge in [0.05, 0.1) is 6.54 Å². The summed E-state index contributed by atoms with van der Waals surface area (Å²) in [6, 6.07) is 8.20. The minimum atomic E-state index is 0.0894. The highest BCUT2D eigenvalue weighted by molar-refractivity contribution is 5.73. The van der Waals surface area contributed by atoms with E-state index in [0.717, 1.165) is 23.8 Å². The van der Waals surface area contributed by atoms with Crippen LogP contribution in [-0.4, -0.2) is 48.0 Å². The van der Waals surface area contributed by atoms with Gasteiger partial charge >= 0.3 is 0 Å². The summed E-state index contributed by atoms with van der Waals surface area (Å²) >= 11 is 0. The summed E-state index contributed by atoms with van der Waals surface area (Å²) < 4.78 is 6.48. The smallest absolute Gasteiger partial charge is 0.219 e. The maximum Gasteiger partial charge on any atom is 0.219 e. The molecule has 1 aromatic rings. The van der Waals surface area contributed by atoms with Gasteiger partial charge in [-0.3, -0.25) is 4.79 Å². The van der Waals surface area contributed by atoms with Crippen LogP contribution >= 0.6 is 0 Å². The highest BCUT2D eigenvalue weighted by Gasteiger charge is 2.33. The Labute approximate surface area is 163 Å². The quantitative estimate of drug-likeness (QED) is 0.760. The number of nitrogens with zero attached hydrogens (tertiary/aromatic N) is 2. The second kappa shape index (κ2) is 8.47. The van der Waals surface area contributed by atoms with Gasteiger partial charge in [-0.25, -0.2) is 0 Å². The average Bonchev–Trinajstić information content (AvgIpc) is 2.89. The van der Waals surface area contributed by atoms with Gasteiger partial charge in [-0.05, 0) is 50.6 Å². The summed E-state index contributed by atoms with van der Waals surface area (Å²) in [7, 11) is 0. The lowest BCUT2D eigenvalue weighted by Crippen LogP contribution is -2.47. The Kier molecular flexibility index (Phi) is 5.82. The zero-order valence-electron chi connectivity index (χ0n) is 16.5. The van der Waals surface area contributed by atoms with Gasteiger partial charge < -0.3 is 14.5 Å². The van der Waals surface area contributed by atoms with E-state index in [4.69, 9.17) is 4.74 Å². The van der Waals surface area contributed by atoms with Crippen LogP contribution in [0.15, 0.2) is 36.4 Å². The number of hydrogen-bond acceptors (Lipinski definition) is 3. The molecule has 4 rings (SSSR count). The van der Waals surface area contributed by atoms with Crippen molar-refractivity contribution in [2.24, 2.45) is 11.8 Å². The van der Waals surface area contributed by atoms with E-state index in [1.165, 1.54) is 45.2 Å². The second-order valence-electron chi connectivity index (χ2n) is 8.48. The van der Waals surface area contributed by atoms with Crippen molar-refractivity contribution in [1.29, 1.82) is 0 Å². The SMILES string of the molecule is CC(=O)N1Cc2ccccc2O[C@H]([C@H]2CCCN(C[C@@H]3CC=CCC3)C2)C1. The minimum Gasteiger partial charge on any atom is -0.488 e. The summed E-state index contributed by atoms with van der Waals surface area (Å²) in [6.45, 7) is 6.55. The van der Waals surface area contributed by atoms with Gasteiger partial charge in [-0.2, -0.15) is 0 Å². The summed E-state index contributed by atoms with van der Waals surface area (Å²) in [5.74, 6) is 2.40. The number of likely N-dealkylation sites (tertiary alicyclic amines) is 1. The van der Waals surface area contributed by atoms with Crippen LogP contribution in [-0.2, 0) is 11.3 Å². The molecule has 2 aliphatic heterocycles. The Bertz CT molecular complexity index is 687. The fourth-order valence-corrected chi connectivity index (χ4v) is 4.87. The van der Waals surface area contributed by atoms with Crippen molar-refractivity contribution in [1.82, 2.24) is 9.80 Å². The van der Waals surface area contributed by atoms with Crippen molar-refractivity contribution in [3.05, 3.63) is 42.0 Å². The van der Waals surface area contributed by atoms with Crippen LogP contribution in [0.25, 0.3) is 0 Å². The van der Waals surface area contributed by atoms with E-state index in [9.17, 15) is 4.79 Å². The molecule has 3 aliphatic rings. The van der Waals surface area contributed by atoms with Crippen LogP contribution in [0.4, 0.5) is 0 Å². The molecule has 2 heterocycles. The Hall–Kier alpha value is -1.81. The first kappa shape index (κ1) is 18.5. The van der Waals surface area contributed by atoms with Gasteiger partial charge in [-0.15, -0.1) is 0 Å². The highest BCUT2D eigenvalue weighted by Crippen LogP contribution is 2.31. The third-order valence-electron chi connectivity index (χ3n) is 6.42. The van der Waals surface area contributed by atoms with Gasteiger partial charge in [0.1, 0.15) is 11.9 Å². The van der Waals surface area contributed by atoms with E-state index >= 15 is 0 Å². The number of rotatable bonds is 3. The zero-order chi connectivity index (χ0) is 18.6. The number of amides is 1. The monoisotopic (exact) mass is 368 g/mol. The molecule has 1 amide bonds. The molecular formula is C23H32N2O2. The van der Waals surface area contributed by atoms with Crippen molar-refractivity contribution in [3.8, 4) is 5.75 Å². The van der Waals surface area contributed by atoms with E-state index in [0.29, 0.717) is 19.0 Å². The van der Waals surface area contributed by atoms with Gasteiger partial charge in [0.2, 0.25) is 5.91 Å². The Balaban J connectivity index is 1.45. The Morgan fingerprint density at radius 2 is 2.07 bits per heavy atom. The second-order valence-corrected chi connectivity index (χ2v) is 8.48. The predicted molar refractivity (Wildman–Crippen MR) is 108 cm³/mol. The molecule has 27 heavy (non-hydrogen) atoms. The van der Waals surface area contributed by atoms with Gasteiger partial charge in [0.25, 0.3) is 0 Å². The first-order valence-electron chi connectivity index (χ1n) is 10.6. The molecule has 0 unspecified atom stereocenters. The fraction of sp³-hybridized carbons (Fsp3) is 0.609. The molecule has 1 saturated heterocycles. The number of carbonyl (C=O) groups excluding carboxylic acids is 1. The first-order valence-corrected chi connectivity index (χ1v) is 10.6. The molecular weight excluding hydrogens is 336 g/mol. The van der Waals surface area contributed by atoms with E-state index < -0.39 is 0 Å². The number of piperidine rings is 1. The molecule has 4 heteroatoms. The predicted octanol–water partition coefficient (Wildman–Crippen LogP) is 3.86. The summed E-state index contributed by atoms with van der Waals surface area (Å²) in [5.41, 5.74) is 1.12. The van der Waals surface area contributed by atoms with E-state index in [1.807, 2.05) is 17.0 Å². The Morgan fingerprint density at radius 1 is 1.19 bits per heavy atom. The third kappa shape index (κ3) is 4.55. The number of benzene rings is 1. The molecule has 3 atom stereocenters. The molecule has 0 aromatic heterocycles. The lowest BCUT2D eigenvalue weighted by molar-refractivity contribution is -0.130. The average molecular weight is 369 g/mol. The van der Waals surface area contributed by atoms with Crippen LogP contribution in [0.1, 0.15) is 44.6 Å². The molecule has 1 aliphatic carbocycles. The number of carbonyl (C=O) groups is 1. The first-order chi connectivity index (χ1) is 13.2. The molecule has 1 fully saturated rings. The largest absolute Gasteiger partial charge is 0.488 e. The van der Waals surface area contributed by atoms with Crippen LogP contribution in [0, 0.1) is 11.8 Å². The lowest BCUT2D eigenvalue weighted by atomic mass is 9.89. The van der Waals surface area contributed by atoms with Gasteiger partial charge in [-0.1, -0.05) is 30.4 Å².